The zero-order chi connectivity index (χ0) is 18.1. The van der Waals surface area contributed by atoms with Crippen molar-refractivity contribution < 1.29 is 9.15 Å². The Labute approximate surface area is 151 Å². The lowest BCUT2D eigenvalue weighted by atomic mass is 10.0. The monoisotopic (exact) mass is 357 g/mol. The molecule has 1 aromatic heterocycles. The normalized spacial score (nSPS) is 11.3. The average Bonchev–Trinajstić information content (AvgIpc) is 2.59. The fourth-order valence-corrected chi connectivity index (χ4v) is 3.05. The number of hydrogen-bond acceptors (Lipinski definition) is 4. The van der Waals surface area contributed by atoms with Crippen molar-refractivity contribution >= 4 is 22.6 Å². The van der Waals surface area contributed by atoms with Crippen molar-refractivity contribution in [2.24, 2.45) is 0 Å². The molecule has 25 heavy (non-hydrogen) atoms. The fraction of sp³-hybridized carbons (Fsp3) is 0.250. The average molecular weight is 358 g/mol. The van der Waals surface area contributed by atoms with Crippen LogP contribution in [0.15, 0.2) is 45.6 Å². The third-order valence-electron chi connectivity index (χ3n) is 4.15. The van der Waals surface area contributed by atoms with E-state index >= 15 is 0 Å². The van der Waals surface area contributed by atoms with Crippen LogP contribution in [-0.2, 0) is 6.54 Å². The minimum atomic E-state index is -0.0335. The Balaban J connectivity index is 2.35. The summed E-state index contributed by atoms with van der Waals surface area (Å²) in [5.74, 6) is 1.26. The van der Waals surface area contributed by atoms with E-state index in [9.17, 15) is 4.79 Å². The minimum absolute atomic E-state index is 0.0335. The van der Waals surface area contributed by atoms with Crippen LogP contribution < -0.4 is 10.2 Å². The van der Waals surface area contributed by atoms with Crippen LogP contribution >= 0.6 is 11.6 Å². The second kappa shape index (κ2) is 6.90. The summed E-state index contributed by atoms with van der Waals surface area (Å²) in [5.41, 5.74) is 2.79. The molecule has 0 saturated heterocycles. The number of nitrogens with zero attached hydrogens (tertiary/aromatic N) is 1. The molecule has 0 amide bonds. The van der Waals surface area contributed by atoms with E-state index in [2.05, 4.69) is 0 Å². The first-order valence-electron chi connectivity index (χ1n) is 7.96. The van der Waals surface area contributed by atoms with Gasteiger partial charge in [0.25, 0.3) is 0 Å². The Morgan fingerprint density at radius 1 is 1.12 bits per heavy atom. The van der Waals surface area contributed by atoms with Gasteiger partial charge in [-0.2, -0.15) is 0 Å². The summed E-state index contributed by atoms with van der Waals surface area (Å²) in [5, 5.41) is 1.20. The minimum Gasteiger partial charge on any atom is -0.496 e. The highest BCUT2D eigenvalue weighted by Gasteiger charge is 2.18. The number of fused-ring (bicyclic) bond motifs is 1. The summed E-state index contributed by atoms with van der Waals surface area (Å²) >= 11 is 5.97. The maximum atomic E-state index is 12.9. The molecule has 5 heteroatoms. The Morgan fingerprint density at radius 3 is 2.40 bits per heavy atom. The summed E-state index contributed by atoms with van der Waals surface area (Å²) in [7, 11) is 5.54. The smallest absolute Gasteiger partial charge is 0.196 e. The van der Waals surface area contributed by atoms with Crippen molar-refractivity contribution in [3.05, 3.63) is 62.8 Å². The van der Waals surface area contributed by atoms with E-state index in [1.165, 1.54) is 0 Å². The number of methoxy groups -OCH3 is 1. The third-order valence-corrected chi connectivity index (χ3v) is 4.40. The van der Waals surface area contributed by atoms with Crippen LogP contribution in [0.4, 0.5) is 0 Å². The van der Waals surface area contributed by atoms with E-state index in [1.54, 1.807) is 32.2 Å². The Morgan fingerprint density at radius 2 is 1.80 bits per heavy atom. The number of halogens is 1. The summed E-state index contributed by atoms with van der Waals surface area (Å²) < 4.78 is 11.7. The molecule has 0 aliphatic carbocycles. The lowest BCUT2D eigenvalue weighted by Crippen LogP contribution is -2.14. The standard InChI is InChI=1S/C20H20ClNO3/c1-12-18(23)15-9-10-17(24-4)16(11-22(2)3)20(15)25-19(12)13-5-7-14(21)8-6-13/h5-10H,11H2,1-4H3. The maximum Gasteiger partial charge on any atom is 0.196 e. The molecular weight excluding hydrogens is 338 g/mol. The van der Waals surface area contributed by atoms with E-state index in [4.69, 9.17) is 20.8 Å². The highest BCUT2D eigenvalue weighted by atomic mass is 35.5. The van der Waals surface area contributed by atoms with Crippen LogP contribution in [0.1, 0.15) is 11.1 Å². The van der Waals surface area contributed by atoms with Crippen LogP contribution in [0.2, 0.25) is 5.02 Å². The van der Waals surface area contributed by atoms with Crippen molar-refractivity contribution in [2.45, 2.75) is 13.5 Å². The number of benzene rings is 2. The molecule has 0 radical (unpaired) electrons. The molecule has 0 bridgehead atoms. The lowest BCUT2D eigenvalue weighted by molar-refractivity contribution is 0.370. The van der Waals surface area contributed by atoms with Crippen LogP contribution in [0.3, 0.4) is 0 Å². The van der Waals surface area contributed by atoms with Gasteiger partial charge in [-0.25, -0.2) is 0 Å². The van der Waals surface area contributed by atoms with Gasteiger partial charge in [-0.15, -0.1) is 0 Å². The highest BCUT2D eigenvalue weighted by molar-refractivity contribution is 6.30. The van der Waals surface area contributed by atoms with Gasteiger partial charge in [-0.3, -0.25) is 4.79 Å². The molecule has 0 saturated carbocycles. The van der Waals surface area contributed by atoms with E-state index in [0.29, 0.717) is 39.6 Å². The van der Waals surface area contributed by atoms with Crippen molar-refractivity contribution in [3.8, 4) is 17.1 Å². The third kappa shape index (κ3) is 3.28. The van der Waals surface area contributed by atoms with Gasteiger partial charge in [0, 0.05) is 22.7 Å². The van der Waals surface area contributed by atoms with Gasteiger partial charge in [0.15, 0.2) is 5.43 Å². The highest BCUT2D eigenvalue weighted by Crippen LogP contribution is 2.32. The van der Waals surface area contributed by atoms with Crippen molar-refractivity contribution in [1.29, 1.82) is 0 Å². The number of ether oxygens (including phenoxy) is 1. The zero-order valence-corrected chi connectivity index (χ0v) is 15.5. The van der Waals surface area contributed by atoms with Crippen molar-refractivity contribution in [2.75, 3.05) is 21.2 Å². The molecule has 4 nitrogen and oxygen atoms in total. The Hall–Kier alpha value is -2.30. The largest absolute Gasteiger partial charge is 0.496 e. The molecule has 3 rings (SSSR count). The van der Waals surface area contributed by atoms with Gasteiger partial charge in [0.2, 0.25) is 0 Å². The van der Waals surface area contributed by atoms with E-state index in [1.807, 2.05) is 37.2 Å². The molecule has 0 aliphatic heterocycles. The van der Waals surface area contributed by atoms with E-state index < -0.39 is 0 Å². The summed E-state index contributed by atoms with van der Waals surface area (Å²) in [6.07, 6.45) is 0. The molecule has 0 spiro atoms. The Kier molecular flexibility index (Phi) is 4.84. The van der Waals surface area contributed by atoms with E-state index in [-0.39, 0.29) is 5.43 Å². The molecule has 1 heterocycles. The number of rotatable bonds is 4. The second-order valence-electron chi connectivity index (χ2n) is 6.25. The predicted octanol–water partition coefficient (Wildman–Crippen LogP) is 4.49. The quantitative estimate of drug-likeness (QED) is 0.689. The van der Waals surface area contributed by atoms with Gasteiger partial charge < -0.3 is 14.1 Å². The Bertz CT molecular complexity index is 975. The lowest BCUT2D eigenvalue weighted by Gasteiger charge is -2.16. The van der Waals surface area contributed by atoms with Gasteiger partial charge in [-0.05, 0) is 57.4 Å². The molecule has 130 valence electrons. The second-order valence-corrected chi connectivity index (χ2v) is 6.69. The van der Waals surface area contributed by atoms with Crippen molar-refractivity contribution in [1.82, 2.24) is 4.90 Å². The molecule has 0 unspecified atom stereocenters. The van der Waals surface area contributed by atoms with Gasteiger partial charge in [0.1, 0.15) is 17.1 Å². The van der Waals surface area contributed by atoms with Crippen LogP contribution in [0, 0.1) is 6.92 Å². The molecule has 0 fully saturated rings. The van der Waals surface area contributed by atoms with Crippen molar-refractivity contribution in [3.63, 3.8) is 0 Å². The summed E-state index contributed by atoms with van der Waals surface area (Å²) in [4.78, 5) is 14.9. The van der Waals surface area contributed by atoms with Gasteiger partial charge in [-0.1, -0.05) is 11.6 Å². The first-order chi connectivity index (χ1) is 11.9. The van der Waals surface area contributed by atoms with Crippen LogP contribution in [0.25, 0.3) is 22.3 Å². The SMILES string of the molecule is COc1ccc2c(=O)c(C)c(-c3ccc(Cl)cc3)oc2c1CN(C)C. The first-order valence-corrected chi connectivity index (χ1v) is 8.34. The summed E-state index contributed by atoms with van der Waals surface area (Å²) in [6.45, 7) is 2.39. The van der Waals surface area contributed by atoms with Crippen LogP contribution in [0.5, 0.6) is 5.75 Å². The molecular formula is C20H20ClNO3. The molecule has 2 aromatic carbocycles. The summed E-state index contributed by atoms with van der Waals surface area (Å²) in [6, 6.07) is 10.9. The fourth-order valence-electron chi connectivity index (χ4n) is 2.92. The topological polar surface area (TPSA) is 42.7 Å². The predicted molar refractivity (Wildman–Crippen MR) is 102 cm³/mol. The molecule has 3 aromatic rings. The van der Waals surface area contributed by atoms with Gasteiger partial charge >= 0.3 is 0 Å². The van der Waals surface area contributed by atoms with Crippen LogP contribution in [-0.4, -0.2) is 26.1 Å². The van der Waals surface area contributed by atoms with Gasteiger partial charge in [0.05, 0.1) is 18.1 Å². The van der Waals surface area contributed by atoms with E-state index in [0.717, 1.165) is 11.1 Å². The zero-order valence-electron chi connectivity index (χ0n) is 14.7. The molecule has 0 aliphatic rings. The maximum absolute atomic E-state index is 12.9. The molecule has 0 atom stereocenters. The number of hydrogen-bond donors (Lipinski definition) is 0. The molecule has 0 N–H and O–H groups in total. The first kappa shape index (κ1) is 17.5.